The average Bonchev–Trinajstić information content (AvgIpc) is 3.12. The van der Waals surface area contributed by atoms with E-state index in [-0.39, 0.29) is 0 Å². The number of nitrogens with one attached hydrogen (secondary N) is 1. The molecule has 1 aromatic rings. The molecule has 1 N–H and O–H groups in total. The molecule has 0 aliphatic heterocycles. The Labute approximate surface area is 112 Å². The normalized spacial score (nSPS) is 19.0. The molecule has 94 valence electrons. The van der Waals surface area contributed by atoms with Gasteiger partial charge in [-0.3, -0.25) is 0 Å². The van der Waals surface area contributed by atoms with Crippen molar-refractivity contribution in [2.24, 2.45) is 5.92 Å². The van der Waals surface area contributed by atoms with Gasteiger partial charge in [0.05, 0.1) is 6.61 Å². The van der Waals surface area contributed by atoms with E-state index in [1.807, 2.05) is 6.07 Å². The van der Waals surface area contributed by atoms with Crippen molar-refractivity contribution in [3.8, 4) is 0 Å². The predicted molar refractivity (Wildman–Crippen MR) is 74.1 cm³/mol. The summed E-state index contributed by atoms with van der Waals surface area (Å²) >= 11 is 3.61. The third-order valence-electron chi connectivity index (χ3n) is 3.37. The Kier molecular flexibility index (Phi) is 4.60. The Morgan fingerprint density at radius 2 is 2.12 bits per heavy atom. The fourth-order valence-corrected chi connectivity index (χ4v) is 2.86. The van der Waals surface area contributed by atoms with E-state index in [1.165, 1.54) is 22.9 Å². The second kappa shape index (κ2) is 5.98. The molecule has 1 saturated carbocycles. The smallest absolute Gasteiger partial charge is 0.0618 e. The van der Waals surface area contributed by atoms with Gasteiger partial charge in [-0.15, -0.1) is 0 Å². The Bertz CT molecular complexity index is 365. The van der Waals surface area contributed by atoms with Crippen molar-refractivity contribution in [2.45, 2.75) is 31.8 Å². The van der Waals surface area contributed by atoms with Crippen molar-refractivity contribution >= 4 is 15.9 Å². The lowest BCUT2D eigenvalue weighted by molar-refractivity contribution is 0.152. The molecule has 2 atom stereocenters. The second-order valence-electron chi connectivity index (χ2n) is 4.81. The number of benzene rings is 1. The molecule has 1 unspecified atom stereocenters. The summed E-state index contributed by atoms with van der Waals surface area (Å²) in [6.45, 7) is 3.02. The molecule has 0 spiro atoms. The first kappa shape index (κ1) is 13.1. The van der Waals surface area contributed by atoms with Crippen molar-refractivity contribution in [3.63, 3.8) is 0 Å². The Balaban J connectivity index is 1.99. The Morgan fingerprint density at radius 3 is 2.71 bits per heavy atom. The molecule has 0 bridgehead atoms. The highest BCUT2D eigenvalue weighted by molar-refractivity contribution is 9.10. The maximum atomic E-state index is 5.30. The van der Waals surface area contributed by atoms with Gasteiger partial charge in [-0.05, 0) is 37.3 Å². The van der Waals surface area contributed by atoms with Gasteiger partial charge in [0.2, 0.25) is 0 Å². The van der Waals surface area contributed by atoms with Crippen LogP contribution < -0.4 is 5.32 Å². The number of rotatable bonds is 6. The van der Waals surface area contributed by atoms with Gasteiger partial charge in [0.25, 0.3) is 0 Å². The van der Waals surface area contributed by atoms with Crippen molar-refractivity contribution in [2.75, 3.05) is 13.7 Å². The summed E-state index contributed by atoms with van der Waals surface area (Å²) < 4.78 is 6.47. The molecule has 1 fully saturated rings. The third-order valence-corrected chi connectivity index (χ3v) is 4.10. The van der Waals surface area contributed by atoms with Crippen LogP contribution in [0.2, 0.25) is 0 Å². The zero-order chi connectivity index (χ0) is 12.3. The highest BCUT2D eigenvalue weighted by Crippen LogP contribution is 2.34. The molecule has 0 heterocycles. The fourth-order valence-electron chi connectivity index (χ4n) is 2.24. The first-order valence-electron chi connectivity index (χ1n) is 6.21. The molecule has 1 aromatic carbocycles. The average molecular weight is 298 g/mol. The predicted octanol–water partition coefficient (Wildman–Crippen LogP) is 3.52. The van der Waals surface area contributed by atoms with Gasteiger partial charge in [-0.1, -0.05) is 34.1 Å². The van der Waals surface area contributed by atoms with E-state index in [4.69, 9.17) is 4.74 Å². The molecular formula is C14H20BrNO. The van der Waals surface area contributed by atoms with Crippen LogP contribution in [-0.4, -0.2) is 19.8 Å². The highest BCUT2D eigenvalue weighted by atomic mass is 79.9. The van der Waals surface area contributed by atoms with Gasteiger partial charge in [0.1, 0.15) is 0 Å². The minimum Gasteiger partial charge on any atom is -0.383 e. The molecule has 2 rings (SSSR count). The van der Waals surface area contributed by atoms with Gasteiger partial charge in [0.15, 0.2) is 0 Å². The summed E-state index contributed by atoms with van der Waals surface area (Å²) in [4.78, 5) is 0. The molecule has 1 aliphatic rings. The molecule has 0 radical (unpaired) electrons. The van der Waals surface area contributed by atoms with Crippen molar-refractivity contribution in [3.05, 3.63) is 34.3 Å². The van der Waals surface area contributed by atoms with Crippen LogP contribution in [0.25, 0.3) is 0 Å². The molecular weight excluding hydrogens is 278 g/mol. The van der Waals surface area contributed by atoms with Crippen LogP contribution in [0.15, 0.2) is 28.7 Å². The van der Waals surface area contributed by atoms with Gasteiger partial charge in [0, 0.05) is 23.7 Å². The monoisotopic (exact) mass is 297 g/mol. The van der Waals surface area contributed by atoms with Gasteiger partial charge in [-0.2, -0.15) is 0 Å². The molecule has 0 amide bonds. The van der Waals surface area contributed by atoms with E-state index in [1.54, 1.807) is 7.11 Å². The zero-order valence-electron chi connectivity index (χ0n) is 10.4. The molecule has 0 saturated heterocycles. The summed E-state index contributed by atoms with van der Waals surface area (Å²) in [5.74, 6) is 0.805. The zero-order valence-corrected chi connectivity index (χ0v) is 12.0. The fraction of sp³-hybridized carbons (Fsp3) is 0.571. The largest absolute Gasteiger partial charge is 0.383 e. The van der Waals surface area contributed by atoms with Crippen LogP contribution in [0.1, 0.15) is 31.4 Å². The standard InChI is InChI=1S/C14H20BrNO/c1-10(12-5-3-4-6-13(12)15)16-14(9-17-2)11-7-8-11/h3-6,10-11,14,16H,7-9H2,1-2H3/t10-,14?/m0/s1. The number of ether oxygens (including phenoxy) is 1. The van der Waals surface area contributed by atoms with Crippen LogP contribution in [-0.2, 0) is 4.74 Å². The topological polar surface area (TPSA) is 21.3 Å². The summed E-state index contributed by atoms with van der Waals surface area (Å²) in [7, 11) is 1.78. The van der Waals surface area contributed by atoms with E-state index >= 15 is 0 Å². The number of halogens is 1. The van der Waals surface area contributed by atoms with Gasteiger partial charge in [-0.25, -0.2) is 0 Å². The van der Waals surface area contributed by atoms with E-state index in [2.05, 4.69) is 46.4 Å². The van der Waals surface area contributed by atoms with E-state index < -0.39 is 0 Å². The summed E-state index contributed by atoms with van der Waals surface area (Å²) in [6, 6.07) is 9.23. The lowest BCUT2D eigenvalue weighted by atomic mass is 10.1. The second-order valence-corrected chi connectivity index (χ2v) is 5.66. The number of hydrogen-bond donors (Lipinski definition) is 1. The summed E-state index contributed by atoms with van der Waals surface area (Å²) in [5, 5.41) is 3.68. The highest BCUT2D eigenvalue weighted by Gasteiger charge is 2.32. The Hall–Kier alpha value is -0.380. The first-order chi connectivity index (χ1) is 8.22. The summed E-state index contributed by atoms with van der Waals surface area (Å²) in [6.07, 6.45) is 2.67. The Morgan fingerprint density at radius 1 is 1.41 bits per heavy atom. The van der Waals surface area contributed by atoms with Crippen molar-refractivity contribution in [1.29, 1.82) is 0 Å². The van der Waals surface area contributed by atoms with E-state index in [9.17, 15) is 0 Å². The number of methoxy groups -OCH3 is 1. The van der Waals surface area contributed by atoms with Crippen LogP contribution in [0.4, 0.5) is 0 Å². The molecule has 2 nitrogen and oxygen atoms in total. The third kappa shape index (κ3) is 3.54. The molecule has 1 aliphatic carbocycles. The summed E-state index contributed by atoms with van der Waals surface area (Å²) in [5.41, 5.74) is 1.31. The van der Waals surface area contributed by atoms with Gasteiger partial charge >= 0.3 is 0 Å². The first-order valence-corrected chi connectivity index (χ1v) is 7.01. The lowest BCUT2D eigenvalue weighted by Crippen LogP contribution is -2.37. The van der Waals surface area contributed by atoms with E-state index in [0.29, 0.717) is 12.1 Å². The van der Waals surface area contributed by atoms with Crippen LogP contribution in [0, 0.1) is 5.92 Å². The minimum absolute atomic E-state index is 0.353. The van der Waals surface area contributed by atoms with Crippen LogP contribution in [0.5, 0.6) is 0 Å². The van der Waals surface area contributed by atoms with Crippen molar-refractivity contribution < 1.29 is 4.74 Å². The molecule has 17 heavy (non-hydrogen) atoms. The van der Waals surface area contributed by atoms with E-state index in [0.717, 1.165) is 12.5 Å². The maximum Gasteiger partial charge on any atom is 0.0618 e. The molecule has 3 heteroatoms. The minimum atomic E-state index is 0.353. The number of hydrogen-bond acceptors (Lipinski definition) is 2. The van der Waals surface area contributed by atoms with Crippen molar-refractivity contribution in [1.82, 2.24) is 5.32 Å². The molecule has 0 aromatic heterocycles. The quantitative estimate of drug-likeness (QED) is 0.867. The maximum absolute atomic E-state index is 5.30. The van der Waals surface area contributed by atoms with Crippen LogP contribution in [0.3, 0.4) is 0 Å². The lowest BCUT2D eigenvalue weighted by Gasteiger charge is -2.23. The van der Waals surface area contributed by atoms with Crippen LogP contribution >= 0.6 is 15.9 Å². The van der Waals surface area contributed by atoms with Gasteiger partial charge < -0.3 is 10.1 Å². The SMILES string of the molecule is COCC(N[C@@H](C)c1ccccc1Br)C1CC1.